The molecule has 0 aliphatic carbocycles. The van der Waals surface area contributed by atoms with Crippen molar-refractivity contribution in [3.05, 3.63) is 70.3 Å². The minimum atomic E-state index is -2.21. The number of allylic oxidation sites excluding steroid dienone is 2. The van der Waals surface area contributed by atoms with Crippen LogP contribution in [-0.2, 0) is 27.9 Å². The summed E-state index contributed by atoms with van der Waals surface area (Å²) >= 11 is 0. The van der Waals surface area contributed by atoms with Crippen LogP contribution in [0.15, 0.2) is 60.2 Å². The number of cyclic esters (lactones) is 1. The van der Waals surface area contributed by atoms with Crippen molar-refractivity contribution in [1.82, 2.24) is 0 Å². The van der Waals surface area contributed by atoms with Gasteiger partial charge < -0.3 is 32.9 Å². The Morgan fingerprint density at radius 2 is 1.57 bits per heavy atom. The van der Waals surface area contributed by atoms with E-state index >= 15 is 0 Å². The van der Waals surface area contributed by atoms with E-state index in [1.807, 2.05) is 45.1 Å². The lowest BCUT2D eigenvalue weighted by molar-refractivity contribution is -0.384. The molecule has 0 aromatic heterocycles. The SMILES string of the molecule is CCC(O[Si](CC)(CC)C(C)C)C(C)C1OC1CC(C)(O)C=CC=C(C)C1OC(=O)CC(O[Si](CC)(CC)C(C)C)CCC(C)C(OC(=O)Oc2ccc([N+](=O)[O-])cc2)C=CC1C. The first-order valence-corrected chi connectivity index (χ1v) is 28.5. The Hall–Kier alpha value is -3.15. The van der Waals surface area contributed by atoms with E-state index in [1.165, 1.54) is 24.3 Å². The summed E-state index contributed by atoms with van der Waals surface area (Å²) in [6.45, 7) is 29.9. The van der Waals surface area contributed by atoms with Crippen LogP contribution in [0, 0.1) is 27.9 Å². The molecule has 2 aliphatic rings. The normalized spacial score (nSPS) is 26.1. The van der Waals surface area contributed by atoms with Crippen LogP contribution in [0.25, 0.3) is 0 Å². The molecule has 0 saturated carbocycles. The van der Waals surface area contributed by atoms with E-state index in [1.54, 1.807) is 13.0 Å². The molecule has 1 saturated heterocycles. The van der Waals surface area contributed by atoms with E-state index < -0.39 is 45.5 Å². The minimum Gasteiger partial charge on any atom is -0.457 e. The molecule has 0 bridgehead atoms. The molecule has 14 heteroatoms. The summed E-state index contributed by atoms with van der Waals surface area (Å²) in [6, 6.07) is 9.24. The minimum absolute atomic E-state index is 0.0264. The van der Waals surface area contributed by atoms with Crippen LogP contribution in [0.5, 0.6) is 5.75 Å². The van der Waals surface area contributed by atoms with Crippen LogP contribution >= 0.6 is 0 Å². The van der Waals surface area contributed by atoms with E-state index in [2.05, 4.69) is 69.2 Å². The summed E-state index contributed by atoms with van der Waals surface area (Å²) in [5.74, 6) is -0.501. The number of aliphatic hydroxyl groups is 1. The van der Waals surface area contributed by atoms with Crippen LogP contribution < -0.4 is 4.74 Å². The fourth-order valence-corrected chi connectivity index (χ4v) is 16.6. The molecular weight excluding hydrogens is 835 g/mol. The summed E-state index contributed by atoms with van der Waals surface area (Å²) in [6.07, 6.45) is 9.20. The van der Waals surface area contributed by atoms with Crippen molar-refractivity contribution in [1.29, 1.82) is 0 Å². The molecule has 10 atom stereocenters. The van der Waals surface area contributed by atoms with Crippen molar-refractivity contribution in [3.8, 4) is 5.75 Å². The summed E-state index contributed by atoms with van der Waals surface area (Å²) in [5.41, 5.74) is 0.395. The van der Waals surface area contributed by atoms with Crippen molar-refractivity contribution in [2.24, 2.45) is 17.8 Å². The number of benzene rings is 1. The average molecular weight is 916 g/mol. The van der Waals surface area contributed by atoms with Gasteiger partial charge in [-0.25, -0.2) is 4.79 Å². The first kappa shape index (κ1) is 54.2. The van der Waals surface area contributed by atoms with Gasteiger partial charge in [0.2, 0.25) is 0 Å². The first-order chi connectivity index (χ1) is 29.6. The number of nitro benzene ring substituents is 1. The lowest BCUT2D eigenvalue weighted by Crippen LogP contribution is -2.46. The molecule has 0 amide bonds. The largest absolute Gasteiger partial charge is 0.514 e. The third-order valence-electron chi connectivity index (χ3n) is 14.0. The quantitative estimate of drug-likeness (QED) is 0.0183. The maximum Gasteiger partial charge on any atom is 0.514 e. The van der Waals surface area contributed by atoms with Crippen LogP contribution in [-0.4, -0.2) is 81.0 Å². The molecular formula is C49H81NO11Si2. The average Bonchev–Trinajstić information content (AvgIpc) is 4.00. The van der Waals surface area contributed by atoms with Crippen molar-refractivity contribution in [2.75, 3.05) is 0 Å². The zero-order valence-electron chi connectivity index (χ0n) is 40.9. The smallest absolute Gasteiger partial charge is 0.457 e. The Bertz CT molecular complexity index is 1700. The number of carbonyl (C=O) groups excluding carboxylic acids is 2. The van der Waals surface area contributed by atoms with Gasteiger partial charge >= 0.3 is 12.1 Å². The van der Waals surface area contributed by atoms with E-state index in [0.717, 1.165) is 36.2 Å². The Kier molecular flexibility index (Phi) is 21.0. The Morgan fingerprint density at radius 1 is 0.968 bits per heavy atom. The van der Waals surface area contributed by atoms with Crippen LogP contribution in [0.3, 0.4) is 0 Å². The summed E-state index contributed by atoms with van der Waals surface area (Å²) in [5, 5.41) is 22.6. The number of carbonyl (C=O) groups is 2. The molecule has 2 heterocycles. The molecule has 10 unspecified atom stereocenters. The number of nitrogens with zero attached hydrogens (tertiary/aromatic N) is 1. The van der Waals surface area contributed by atoms with Gasteiger partial charge in [0.15, 0.2) is 16.6 Å². The number of esters is 1. The molecule has 2 aliphatic heterocycles. The molecule has 356 valence electrons. The maximum atomic E-state index is 13.8. The highest BCUT2D eigenvalue weighted by Gasteiger charge is 2.49. The van der Waals surface area contributed by atoms with E-state index in [4.69, 9.17) is 27.8 Å². The van der Waals surface area contributed by atoms with E-state index in [0.29, 0.717) is 30.3 Å². The molecule has 1 fully saturated rings. The Labute approximate surface area is 381 Å². The van der Waals surface area contributed by atoms with Gasteiger partial charge in [-0.05, 0) is 98.1 Å². The number of rotatable bonds is 21. The molecule has 1 aromatic carbocycles. The Balaban J connectivity index is 1.84. The van der Waals surface area contributed by atoms with Gasteiger partial charge in [-0.2, -0.15) is 0 Å². The summed E-state index contributed by atoms with van der Waals surface area (Å²) in [4.78, 5) is 37.6. The highest BCUT2D eigenvalue weighted by molar-refractivity contribution is 6.75. The lowest BCUT2D eigenvalue weighted by Gasteiger charge is -2.39. The van der Waals surface area contributed by atoms with Gasteiger partial charge in [0.1, 0.15) is 18.0 Å². The standard InChI is InChI=1S/C49H81NO11Si2/c1-15-42(61-63(18-4,19-5)34(8)9)38(13)47-44(57-47)32-49(14,53)30-20-21-36(11)46-37(12)23-29-43(58-48(52)56-40-27-24-39(25-28-40)50(54)55)35(10)22-26-41(31-45(51)59-46)60-62(16-2,17-3)33(6)7/h20-21,23-25,27-30,33-35,37-38,41-44,46-47,53H,15-19,22,26,31-32H2,1-14H3. The zero-order chi connectivity index (χ0) is 47.3. The Morgan fingerprint density at radius 3 is 2.11 bits per heavy atom. The number of epoxide rings is 1. The third kappa shape index (κ3) is 15.5. The number of hydrogen-bond acceptors (Lipinski definition) is 11. The van der Waals surface area contributed by atoms with E-state index in [-0.39, 0.29) is 66.0 Å². The van der Waals surface area contributed by atoms with Gasteiger partial charge in [0.05, 0.1) is 35.3 Å². The van der Waals surface area contributed by atoms with Crippen LogP contribution in [0.2, 0.25) is 35.3 Å². The molecule has 63 heavy (non-hydrogen) atoms. The van der Waals surface area contributed by atoms with Gasteiger partial charge in [-0.3, -0.25) is 14.9 Å². The molecule has 1 N–H and O–H groups in total. The fraction of sp³-hybridized carbons (Fsp3) is 0.714. The fourth-order valence-electron chi connectivity index (χ4n) is 9.31. The topological polar surface area (TPSA) is 156 Å². The number of non-ortho nitro benzene ring substituents is 1. The van der Waals surface area contributed by atoms with Gasteiger partial charge in [0, 0.05) is 36.5 Å². The van der Waals surface area contributed by atoms with Crippen molar-refractivity contribution < 1.29 is 47.4 Å². The van der Waals surface area contributed by atoms with Gasteiger partial charge in [-0.1, -0.05) is 107 Å². The summed E-state index contributed by atoms with van der Waals surface area (Å²) < 4.78 is 37.8. The highest BCUT2D eigenvalue weighted by atomic mass is 28.4. The lowest BCUT2D eigenvalue weighted by atomic mass is 9.91. The molecule has 12 nitrogen and oxygen atoms in total. The molecule has 3 rings (SSSR count). The molecule has 0 radical (unpaired) electrons. The molecule has 0 spiro atoms. The predicted molar refractivity (Wildman–Crippen MR) is 255 cm³/mol. The predicted octanol–water partition coefficient (Wildman–Crippen LogP) is 12.4. The molecule has 1 aromatic rings. The zero-order valence-corrected chi connectivity index (χ0v) is 42.9. The number of nitro groups is 1. The van der Waals surface area contributed by atoms with Gasteiger partial charge in [-0.15, -0.1) is 0 Å². The second-order valence-electron chi connectivity index (χ2n) is 19.1. The second kappa shape index (κ2) is 24.4. The third-order valence-corrected chi connectivity index (χ3v) is 24.6. The van der Waals surface area contributed by atoms with Crippen LogP contribution in [0.4, 0.5) is 10.5 Å². The second-order valence-corrected chi connectivity index (χ2v) is 29.0. The van der Waals surface area contributed by atoms with Crippen molar-refractivity contribution in [2.45, 2.75) is 207 Å². The van der Waals surface area contributed by atoms with Crippen molar-refractivity contribution in [3.63, 3.8) is 0 Å². The monoisotopic (exact) mass is 916 g/mol. The summed E-state index contributed by atoms with van der Waals surface area (Å²) in [7, 11) is -4.08. The van der Waals surface area contributed by atoms with E-state index in [9.17, 15) is 24.8 Å². The van der Waals surface area contributed by atoms with Gasteiger partial charge in [0.25, 0.3) is 5.69 Å². The maximum absolute atomic E-state index is 13.8. The van der Waals surface area contributed by atoms with Crippen molar-refractivity contribution >= 4 is 34.4 Å². The number of ether oxygens (including phenoxy) is 4. The highest BCUT2D eigenvalue weighted by Crippen LogP contribution is 2.41. The number of hydrogen-bond donors (Lipinski definition) is 1. The van der Waals surface area contributed by atoms with Crippen LogP contribution in [0.1, 0.15) is 129 Å². The first-order valence-electron chi connectivity index (χ1n) is 23.7.